The van der Waals surface area contributed by atoms with E-state index in [1.165, 1.54) is 17.7 Å². The van der Waals surface area contributed by atoms with E-state index >= 15 is 0 Å². The van der Waals surface area contributed by atoms with Gasteiger partial charge in [-0.1, -0.05) is 36.4 Å². The number of nitrogens with one attached hydrogen (secondary N) is 2. The minimum Gasteiger partial charge on any atom is -0.376 e. The van der Waals surface area contributed by atoms with E-state index in [1.807, 2.05) is 18.2 Å². The Labute approximate surface area is 193 Å². The Morgan fingerprint density at radius 3 is 2.77 bits per heavy atom. The number of benzene rings is 2. The Hall–Kier alpha value is -2.20. The van der Waals surface area contributed by atoms with Gasteiger partial charge >= 0.3 is 0 Å². The number of aliphatic imine (C=N–C) groups is 1. The van der Waals surface area contributed by atoms with Crippen molar-refractivity contribution in [2.24, 2.45) is 10.9 Å². The summed E-state index contributed by atoms with van der Waals surface area (Å²) < 4.78 is 19.1. The summed E-state index contributed by atoms with van der Waals surface area (Å²) in [6.45, 7) is 3.08. The molecular formula is C22H28FIN4O2. The minimum absolute atomic E-state index is 0. The smallest absolute Gasteiger partial charge is 0.243 e. The average Bonchev–Trinajstić information content (AvgIpc) is 3.18. The normalized spacial score (nSPS) is 16.1. The van der Waals surface area contributed by atoms with E-state index in [9.17, 15) is 9.18 Å². The molecule has 1 unspecified atom stereocenters. The van der Waals surface area contributed by atoms with Gasteiger partial charge in [0.2, 0.25) is 5.91 Å². The number of hydrogen-bond donors (Lipinski definition) is 2. The van der Waals surface area contributed by atoms with Crippen molar-refractivity contribution in [1.29, 1.82) is 0 Å². The second-order valence-corrected chi connectivity index (χ2v) is 7.06. The maximum atomic E-state index is 13.2. The molecule has 8 heteroatoms. The molecule has 1 aliphatic heterocycles. The summed E-state index contributed by atoms with van der Waals surface area (Å²) in [5.74, 6) is 0.478. The first kappa shape index (κ1) is 24.1. The highest BCUT2D eigenvalue weighted by molar-refractivity contribution is 14.0. The number of guanidine groups is 1. The van der Waals surface area contributed by atoms with Gasteiger partial charge in [-0.2, -0.15) is 0 Å². The van der Waals surface area contributed by atoms with Crippen LogP contribution >= 0.6 is 24.0 Å². The molecule has 2 N–H and O–H groups in total. The van der Waals surface area contributed by atoms with Gasteiger partial charge in [0, 0.05) is 31.7 Å². The molecule has 0 bridgehead atoms. The van der Waals surface area contributed by atoms with Crippen molar-refractivity contribution in [2.75, 3.05) is 38.6 Å². The van der Waals surface area contributed by atoms with Crippen LogP contribution in [0, 0.1) is 11.7 Å². The Morgan fingerprint density at radius 1 is 1.23 bits per heavy atom. The molecule has 0 aliphatic carbocycles. The molecule has 162 valence electrons. The van der Waals surface area contributed by atoms with Crippen molar-refractivity contribution >= 4 is 41.5 Å². The first-order valence-electron chi connectivity index (χ1n) is 9.76. The van der Waals surface area contributed by atoms with Crippen molar-refractivity contribution in [2.45, 2.75) is 13.0 Å². The third kappa shape index (κ3) is 7.56. The molecule has 6 nitrogen and oxygen atoms in total. The number of carbonyl (C=O) groups excluding carboxylic acids is 1. The molecule has 0 radical (unpaired) electrons. The second kappa shape index (κ2) is 12.5. The number of anilines is 1. The van der Waals surface area contributed by atoms with Crippen LogP contribution in [0.1, 0.15) is 12.0 Å². The predicted molar refractivity (Wildman–Crippen MR) is 128 cm³/mol. The Balaban J connectivity index is 0.00000320. The van der Waals surface area contributed by atoms with Crippen molar-refractivity contribution in [3.63, 3.8) is 0 Å². The lowest BCUT2D eigenvalue weighted by Gasteiger charge is -2.21. The molecular weight excluding hydrogens is 498 g/mol. The van der Waals surface area contributed by atoms with Gasteiger partial charge in [0.05, 0.1) is 19.8 Å². The van der Waals surface area contributed by atoms with Crippen LogP contribution in [0.2, 0.25) is 0 Å². The van der Waals surface area contributed by atoms with Gasteiger partial charge in [0.15, 0.2) is 5.96 Å². The van der Waals surface area contributed by atoms with E-state index in [1.54, 1.807) is 19.2 Å². The molecule has 0 aromatic heterocycles. The summed E-state index contributed by atoms with van der Waals surface area (Å²) >= 11 is 0. The standard InChI is InChI=1S/C22H27FN4O2.HI/c1-24-22(25-13-21(28)26-20-9-5-8-19(23)12-20)27-11-10-18(14-27)16-29-15-17-6-3-2-4-7-17;/h2-9,12,18H,10-11,13-16H2,1H3,(H,24,25)(H,26,28);1H. The van der Waals surface area contributed by atoms with Crippen LogP contribution in [-0.2, 0) is 16.1 Å². The van der Waals surface area contributed by atoms with E-state index in [0.29, 0.717) is 30.8 Å². The van der Waals surface area contributed by atoms with Crippen LogP contribution < -0.4 is 10.6 Å². The number of ether oxygens (including phenoxy) is 1. The van der Waals surface area contributed by atoms with Crippen LogP contribution in [0.15, 0.2) is 59.6 Å². The second-order valence-electron chi connectivity index (χ2n) is 7.06. The lowest BCUT2D eigenvalue weighted by molar-refractivity contribution is -0.115. The molecule has 1 heterocycles. The first-order valence-corrected chi connectivity index (χ1v) is 9.76. The molecule has 1 atom stereocenters. The van der Waals surface area contributed by atoms with Gasteiger partial charge in [-0.25, -0.2) is 4.39 Å². The molecule has 2 aromatic rings. The predicted octanol–water partition coefficient (Wildman–Crippen LogP) is 3.50. The summed E-state index contributed by atoms with van der Waals surface area (Å²) in [7, 11) is 1.70. The molecule has 1 aliphatic rings. The Bertz CT molecular complexity index is 835. The largest absolute Gasteiger partial charge is 0.376 e. The number of carbonyl (C=O) groups is 1. The SMILES string of the molecule is CN=C(NCC(=O)Nc1cccc(F)c1)N1CCC(COCc2ccccc2)C1.I. The van der Waals surface area contributed by atoms with Gasteiger partial charge in [-0.05, 0) is 30.2 Å². The number of nitrogens with zero attached hydrogens (tertiary/aromatic N) is 2. The van der Waals surface area contributed by atoms with Crippen molar-refractivity contribution < 1.29 is 13.9 Å². The third-order valence-corrected chi connectivity index (χ3v) is 4.78. The number of rotatable bonds is 7. The van der Waals surface area contributed by atoms with Gasteiger partial charge in [0.25, 0.3) is 0 Å². The van der Waals surface area contributed by atoms with E-state index < -0.39 is 0 Å². The summed E-state index contributed by atoms with van der Waals surface area (Å²) in [4.78, 5) is 18.5. The van der Waals surface area contributed by atoms with E-state index in [2.05, 4.69) is 32.7 Å². The Kier molecular flexibility index (Phi) is 10.0. The van der Waals surface area contributed by atoms with E-state index in [4.69, 9.17) is 4.74 Å². The summed E-state index contributed by atoms with van der Waals surface area (Å²) in [5.41, 5.74) is 1.60. The fourth-order valence-electron chi connectivity index (χ4n) is 3.34. The number of hydrogen-bond acceptors (Lipinski definition) is 3. The zero-order valence-electron chi connectivity index (χ0n) is 17.0. The molecule has 0 saturated carbocycles. The molecule has 30 heavy (non-hydrogen) atoms. The fraction of sp³-hybridized carbons (Fsp3) is 0.364. The molecule has 0 spiro atoms. The molecule has 3 rings (SSSR count). The lowest BCUT2D eigenvalue weighted by atomic mass is 10.1. The maximum absolute atomic E-state index is 13.2. The van der Waals surface area contributed by atoms with Crippen molar-refractivity contribution in [1.82, 2.24) is 10.2 Å². The maximum Gasteiger partial charge on any atom is 0.243 e. The summed E-state index contributed by atoms with van der Waals surface area (Å²) in [6.07, 6.45) is 1.02. The van der Waals surface area contributed by atoms with Gasteiger partial charge in [-0.15, -0.1) is 24.0 Å². The fourth-order valence-corrected chi connectivity index (χ4v) is 3.34. The highest BCUT2D eigenvalue weighted by atomic mass is 127. The van der Waals surface area contributed by atoms with Crippen LogP contribution in [0.25, 0.3) is 0 Å². The third-order valence-electron chi connectivity index (χ3n) is 4.78. The van der Waals surface area contributed by atoms with Crippen molar-refractivity contribution in [3.8, 4) is 0 Å². The quantitative estimate of drug-likeness (QED) is 0.330. The van der Waals surface area contributed by atoms with Crippen molar-refractivity contribution in [3.05, 3.63) is 66.0 Å². The zero-order chi connectivity index (χ0) is 20.5. The highest BCUT2D eigenvalue weighted by Crippen LogP contribution is 2.17. The molecule has 1 saturated heterocycles. The molecule has 1 fully saturated rings. The minimum atomic E-state index is -0.385. The topological polar surface area (TPSA) is 66.0 Å². The van der Waals surface area contributed by atoms with Crippen LogP contribution in [0.3, 0.4) is 0 Å². The van der Waals surface area contributed by atoms with Gasteiger partial charge < -0.3 is 20.3 Å². The van der Waals surface area contributed by atoms with E-state index in [-0.39, 0.29) is 42.2 Å². The van der Waals surface area contributed by atoms with Crippen LogP contribution in [0.4, 0.5) is 10.1 Å². The van der Waals surface area contributed by atoms with Crippen LogP contribution in [0.5, 0.6) is 0 Å². The van der Waals surface area contributed by atoms with Gasteiger partial charge in [-0.3, -0.25) is 9.79 Å². The molecule has 1 amide bonds. The highest BCUT2D eigenvalue weighted by Gasteiger charge is 2.25. The van der Waals surface area contributed by atoms with Crippen LogP contribution in [-0.4, -0.2) is 50.1 Å². The molecule has 2 aromatic carbocycles. The number of halogens is 2. The van der Waals surface area contributed by atoms with Gasteiger partial charge in [0.1, 0.15) is 5.82 Å². The number of likely N-dealkylation sites (tertiary alicyclic amines) is 1. The summed E-state index contributed by atoms with van der Waals surface area (Å²) in [5, 5.41) is 5.75. The Morgan fingerprint density at radius 2 is 2.03 bits per heavy atom. The lowest BCUT2D eigenvalue weighted by Crippen LogP contribution is -2.43. The zero-order valence-corrected chi connectivity index (χ0v) is 19.3. The van der Waals surface area contributed by atoms with E-state index in [0.717, 1.165) is 19.5 Å². The first-order chi connectivity index (χ1) is 14.1. The number of amides is 1. The monoisotopic (exact) mass is 526 g/mol. The average molecular weight is 526 g/mol. The summed E-state index contributed by atoms with van der Waals surface area (Å²) in [6, 6.07) is 16.0.